The Kier molecular flexibility index (Phi) is 6.02. The molecule has 0 bridgehead atoms. The standard InChI is InChI=1S/C18H19Cl2N3O2/c19-13-1-6-16(20)17(11-13)21-12-18(24)22-14-2-4-15(5-3-14)23-7-9-25-10-8-23/h1-6,11,21H,7-10,12H2,(H,22,24). The van der Waals surface area contributed by atoms with E-state index in [4.69, 9.17) is 27.9 Å². The first-order chi connectivity index (χ1) is 12.1. The second-order valence-corrected chi connectivity index (χ2v) is 6.52. The largest absolute Gasteiger partial charge is 0.378 e. The molecular formula is C18H19Cl2N3O2. The zero-order chi connectivity index (χ0) is 17.6. The molecule has 0 saturated carbocycles. The van der Waals surface area contributed by atoms with E-state index in [0.29, 0.717) is 15.7 Å². The minimum absolute atomic E-state index is 0.102. The number of rotatable bonds is 5. The van der Waals surface area contributed by atoms with E-state index in [9.17, 15) is 4.79 Å². The Bertz CT molecular complexity index is 732. The first kappa shape index (κ1) is 17.9. The molecule has 132 valence electrons. The number of amides is 1. The van der Waals surface area contributed by atoms with Gasteiger partial charge in [-0.05, 0) is 42.5 Å². The summed E-state index contributed by atoms with van der Waals surface area (Å²) in [5.41, 5.74) is 2.51. The first-order valence-corrected chi connectivity index (χ1v) is 8.79. The molecule has 1 aliphatic heterocycles. The van der Waals surface area contributed by atoms with Crippen LogP contribution in [0.1, 0.15) is 0 Å². The number of nitrogens with one attached hydrogen (secondary N) is 2. The molecule has 3 rings (SSSR count). The summed E-state index contributed by atoms with van der Waals surface area (Å²) in [6, 6.07) is 12.9. The number of anilines is 3. The van der Waals surface area contributed by atoms with Crippen molar-refractivity contribution in [3.63, 3.8) is 0 Å². The van der Waals surface area contributed by atoms with Gasteiger partial charge in [0.15, 0.2) is 0 Å². The zero-order valence-electron chi connectivity index (χ0n) is 13.6. The zero-order valence-corrected chi connectivity index (χ0v) is 15.1. The van der Waals surface area contributed by atoms with Crippen molar-refractivity contribution in [3.8, 4) is 0 Å². The monoisotopic (exact) mass is 379 g/mol. The van der Waals surface area contributed by atoms with Crippen molar-refractivity contribution in [2.45, 2.75) is 0 Å². The highest BCUT2D eigenvalue weighted by atomic mass is 35.5. The van der Waals surface area contributed by atoms with Gasteiger partial charge >= 0.3 is 0 Å². The van der Waals surface area contributed by atoms with Crippen molar-refractivity contribution >= 4 is 46.2 Å². The number of carbonyl (C=O) groups excluding carboxylic acids is 1. The molecule has 0 atom stereocenters. The van der Waals surface area contributed by atoms with Crippen LogP contribution >= 0.6 is 23.2 Å². The van der Waals surface area contributed by atoms with E-state index >= 15 is 0 Å². The molecule has 5 nitrogen and oxygen atoms in total. The van der Waals surface area contributed by atoms with E-state index in [1.54, 1.807) is 18.2 Å². The van der Waals surface area contributed by atoms with Crippen LogP contribution in [0.25, 0.3) is 0 Å². The summed E-state index contributed by atoms with van der Waals surface area (Å²) in [5.74, 6) is -0.157. The van der Waals surface area contributed by atoms with Gasteiger partial charge < -0.3 is 20.3 Å². The van der Waals surface area contributed by atoms with Crippen LogP contribution in [0.5, 0.6) is 0 Å². The fourth-order valence-electron chi connectivity index (χ4n) is 2.59. The lowest BCUT2D eigenvalue weighted by Gasteiger charge is -2.28. The third-order valence-corrected chi connectivity index (χ3v) is 4.46. The average Bonchev–Trinajstić information content (AvgIpc) is 2.64. The molecule has 1 heterocycles. The molecule has 1 amide bonds. The summed E-state index contributed by atoms with van der Waals surface area (Å²) in [5, 5.41) is 6.92. The van der Waals surface area contributed by atoms with Gasteiger partial charge in [-0.3, -0.25) is 4.79 Å². The number of morpholine rings is 1. The molecule has 7 heteroatoms. The fourth-order valence-corrected chi connectivity index (χ4v) is 2.95. The molecule has 2 aromatic rings. The molecule has 25 heavy (non-hydrogen) atoms. The van der Waals surface area contributed by atoms with E-state index in [1.807, 2.05) is 24.3 Å². The lowest BCUT2D eigenvalue weighted by atomic mass is 10.2. The minimum atomic E-state index is -0.157. The second kappa shape index (κ2) is 8.43. The number of ether oxygens (including phenoxy) is 1. The minimum Gasteiger partial charge on any atom is -0.378 e. The lowest BCUT2D eigenvalue weighted by molar-refractivity contribution is -0.114. The Morgan fingerprint density at radius 2 is 1.80 bits per heavy atom. The number of carbonyl (C=O) groups is 1. The van der Waals surface area contributed by atoms with Gasteiger partial charge in [0, 0.05) is 29.5 Å². The Morgan fingerprint density at radius 3 is 2.52 bits per heavy atom. The van der Waals surface area contributed by atoms with E-state index in [2.05, 4.69) is 15.5 Å². The molecule has 0 unspecified atom stereocenters. The number of halogens is 2. The van der Waals surface area contributed by atoms with E-state index in [-0.39, 0.29) is 12.5 Å². The molecule has 0 aliphatic carbocycles. The maximum atomic E-state index is 12.1. The van der Waals surface area contributed by atoms with E-state index in [1.165, 1.54) is 0 Å². The summed E-state index contributed by atoms with van der Waals surface area (Å²) in [4.78, 5) is 14.4. The van der Waals surface area contributed by atoms with Crippen molar-refractivity contribution in [2.24, 2.45) is 0 Å². The maximum Gasteiger partial charge on any atom is 0.243 e. The summed E-state index contributed by atoms with van der Waals surface area (Å²) in [6.45, 7) is 3.36. The Hall–Kier alpha value is -1.95. The van der Waals surface area contributed by atoms with Gasteiger partial charge in [0.2, 0.25) is 5.91 Å². The molecule has 0 aromatic heterocycles. The quantitative estimate of drug-likeness (QED) is 0.827. The predicted molar refractivity (Wildman–Crippen MR) is 103 cm³/mol. The van der Waals surface area contributed by atoms with Crippen LogP contribution in [0.15, 0.2) is 42.5 Å². The first-order valence-electron chi connectivity index (χ1n) is 8.03. The van der Waals surface area contributed by atoms with Gasteiger partial charge in [-0.25, -0.2) is 0 Å². The van der Waals surface area contributed by atoms with Crippen LogP contribution in [0.3, 0.4) is 0 Å². The summed E-state index contributed by atoms with van der Waals surface area (Å²) in [7, 11) is 0. The van der Waals surface area contributed by atoms with Crippen molar-refractivity contribution in [2.75, 3.05) is 48.4 Å². The number of benzene rings is 2. The predicted octanol–water partition coefficient (Wildman–Crippen LogP) is 3.88. The Balaban J connectivity index is 1.53. The maximum absolute atomic E-state index is 12.1. The number of hydrogen-bond acceptors (Lipinski definition) is 4. The lowest BCUT2D eigenvalue weighted by Crippen LogP contribution is -2.36. The van der Waals surface area contributed by atoms with Gasteiger partial charge in [-0.15, -0.1) is 0 Å². The molecule has 0 radical (unpaired) electrons. The summed E-state index contributed by atoms with van der Waals surface area (Å²) >= 11 is 12.0. The second-order valence-electron chi connectivity index (χ2n) is 5.67. The van der Waals surface area contributed by atoms with Gasteiger partial charge in [-0.1, -0.05) is 23.2 Å². The van der Waals surface area contributed by atoms with Gasteiger partial charge in [-0.2, -0.15) is 0 Å². The van der Waals surface area contributed by atoms with Crippen LogP contribution < -0.4 is 15.5 Å². The normalized spacial score (nSPS) is 14.2. The number of hydrogen-bond donors (Lipinski definition) is 2. The third-order valence-electron chi connectivity index (χ3n) is 3.90. The topological polar surface area (TPSA) is 53.6 Å². The highest BCUT2D eigenvalue weighted by Crippen LogP contribution is 2.25. The van der Waals surface area contributed by atoms with Crippen LogP contribution in [0, 0.1) is 0 Å². The highest BCUT2D eigenvalue weighted by Gasteiger charge is 2.11. The van der Waals surface area contributed by atoms with E-state index < -0.39 is 0 Å². The number of nitrogens with zero attached hydrogens (tertiary/aromatic N) is 1. The molecule has 1 aliphatic rings. The van der Waals surface area contributed by atoms with Crippen LogP contribution in [0.4, 0.5) is 17.1 Å². The fraction of sp³-hybridized carbons (Fsp3) is 0.278. The third kappa shape index (κ3) is 5.01. The smallest absolute Gasteiger partial charge is 0.243 e. The average molecular weight is 380 g/mol. The summed E-state index contributed by atoms with van der Waals surface area (Å²) in [6.07, 6.45) is 0. The molecule has 1 saturated heterocycles. The highest BCUT2D eigenvalue weighted by molar-refractivity contribution is 6.35. The van der Waals surface area contributed by atoms with Gasteiger partial charge in [0.25, 0.3) is 0 Å². The van der Waals surface area contributed by atoms with Crippen LogP contribution in [-0.2, 0) is 9.53 Å². The molecular weight excluding hydrogens is 361 g/mol. The van der Waals surface area contributed by atoms with E-state index in [0.717, 1.165) is 37.7 Å². The molecule has 2 aromatic carbocycles. The van der Waals surface area contributed by atoms with Gasteiger partial charge in [0.05, 0.1) is 30.5 Å². The molecule has 1 fully saturated rings. The summed E-state index contributed by atoms with van der Waals surface area (Å²) < 4.78 is 5.35. The molecule has 2 N–H and O–H groups in total. The van der Waals surface area contributed by atoms with Crippen molar-refractivity contribution in [3.05, 3.63) is 52.5 Å². The van der Waals surface area contributed by atoms with Gasteiger partial charge in [0.1, 0.15) is 0 Å². The van der Waals surface area contributed by atoms with Crippen molar-refractivity contribution < 1.29 is 9.53 Å². The molecule has 0 spiro atoms. The Morgan fingerprint density at radius 1 is 1.08 bits per heavy atom. The van der Waals surface area contributed by atoms with Crippen LogP contribution in [-0.4, -0.2) is 38.8 Å². The van der Waals surface area contributed by atoms with Crippen molar-refractivity contribution in [1.29, 1.82) is 0 Å². The Labute approximate surface area is 156 Å². The van der Waals surface area contributed by atoms with Crippen LogP contribution in [0.2, 0.25) is 10.0 Å². The van der Waals surface area contributed by atoms with Crippen molar-refractivity contribution in [1.82, 2.24) is 0 Å². The SMILES string of the molecule is O=C(CNc1cc(Cl)ccc1Cl)Nc1ccc(N2CCOCC2)cc1.